The molecule has 0 amide bonds. The molecule has 0 saturated heterocycles. The average Bonchev–Trinajstić information content (AvgIpc) is 2.37. The number of methoxy groups -OCH3 is 1. The van der Waals surface area contributed by atoms with Crippen LogP contribution in [-0.2, 0) is 4.74 Å². The lowest BCUT2D eigenvalue weighted by molar-refractivity contribution is 0.0597. The maximum Gasteiger partial charge on any atom is 0.338 e. The lowest BCUT2D eigenvalue weighted by Gasteiger charge is -2.06. The molecule has 0 aliphatic rings. The zero-order valence-corrected chi connectivity index (χ0v) is 9.95. The van der Waals surface area contributed by atoms with Gasteiger partial charge in [0.05, 0.1) is 24.3 Å². The zero-order chi connectivity index (χ0) is 12.8. The number of hydrogen-bond donors (Lipinski definition) is 0. The monoisotopic (exact) mass is 251 g/mol. The van der Waals surface area contributed by atoms with Crippen LogP contribution in [0.4, 0.5) is 0 Å². The molecule has 1 rings (SSSR count). The first-order valence-corrected chi connectivity index (χ1v) is 5.39. The fraction of sp³-hybridized carbons (Fsp3) is 0.250. The molecule has 0 radical (unpaired) electrons. The number of ketones is 1. The summed E-state index contributed by atoms with van der Waals surface area (Å²) in [6, 6.07) is 6.16. The summed E-state index contributed by atoms with van der Waals surface area (Å²) < 4.78 is 4.57. The van der Waals surface area contributed by atoms with Crippen LogP contribution < -0.4 is 0 Å². The number of nitriles is 1. The molecule has 1 aromatic carbocycles. The summed E-state index contributed by atoms with van der Waals surface area (Å²) in [5.74, 6) is -0.721. The van der Waals surface area contributed by atoms with Crippen LogP contribution in [0.5, 0.6) is 0 Å². The van der Waals surface area contributed by atoms with Crippen LogP contribution in [0.2, 0.25) is 0 Å². The van der Waals surface area contributed by atoms with Gasteiger partial charge in [-0.1, -0.05) is 0 Å². The van der Waals surface area contributed by atoms with E-state index in [1.54, 1.807) is 0 Å². The highest BCUT2D eigenvalue weighted by Crippen LogP contribution is 2.15. The van der Waals surface area contributed by atoms with E-state index in [2.05, 4.69) is 4.74 Å². The molecule has 0 aliphatic heterocycles. The van der Waals surface area contributed by atoms with Crippen molar-refractivity contribution < 1.29 is 14.3 Å². The minimum atomic E-state index is -0.604. The SMILES string of the molecule is COC(=O)c1ccc(C#N)cc1C(=O)CCCl. The van der Waals surface area contributed by atoms with Gasteiger partial charge in [-0.25, -0.2) is 4.79 Å². The van der Waals surface area contributed by atoms with Crippen molar-refractivity contribution in [1.82, 2.24) is 0 Å². The number of ether oxygens (including phenoxy) is 1. The van der Waals surface area contributed by atoms with Crippen molar-refractivity contribution in [3.05, 3.63) is 34.9 Å². The van der Waals surface area contributed by atoms with Gasteiger partial charge >= 0.3 is 5.97 Å². The molecule has 0 fully saturated rings. The van der Waals surface area contributed by atoms with Crippen molar-refractivity contribution in [3.8, 4) is 6.07 Å². The van der Waals surface area contributed by atoms with Gasteiger partial charge < -0.3 is 4.74 Å². The topological polar surface area (TPSA) is 67.2 Å². The fourth-order valence-electron chi connectivity index (χ4n) is 1.35. The molecule has 0 unspecified atom stereocenters. The number of carbonyl (C=O) groups is 2. The van der Waals surface area contributed by atoms with E-state index in [9.17, 15) is 9.59 Å². The van der Waals surface area contributed by atoms with Gasteiger partial charge in [0.25, 0.3) is 0 Å². The van der Waals surface area contributed by atoms with Crippen LogP contribution in [0.25, 0.3) is 0 Å². The van der Waals surface area contributed by atoms with E-state index in [-0.39, 0.29) is 29.2 Å². The third-order valence-corrected chi connectivity index (χ3v) is 2.36. The van der Waals surface area contributed by atoms with Gasteiger partial charge in [0, 0.05) is 17.9 Å². The van der Waals surface area contributed by atoms with Gasteiger partial charge in [0.1, 0.15) is 0 Å². The van der Waals surface area contributed by atoms with Crippen LogP contribution in [0.15, 0.2) is 18.2 Å². The number of alkyl halides is 1. The Morgan fingerprint density at radius 2 is 2.12 bits per heavy atom. The van der Waals surface area contributed by atoms with Crippen molar-refractivity contribution in [2.24, 2.45) is 0 Å². The van der Waals surface area contributed by atoms with Crippen LogP contribution in [0.3, 0.4) is 0 Å². The minimum absolute atomic E-state index is 0.112. The van der Waals surface area contributed by atoms with Gasteiger partial charge in [0.2, 0.25) is 0 Å². The largest absolute Gasteiger partial charge is 0.465 e. The molecule has 0 atom stereocenters. The van der Waals surface area contributed by atoms with Crippen LogP contribution in [0.1, 0.15) is 32.7 Å². The van der Waals surface area contributed by atoms with Crippen LogP contribution in [-0.4, -0.2) is 24.7 Å². The molecular weight excluding hydrogens is 242 g/mol. The summed E-state index contributed by atoms with van der Waals surface area (Å²) in [4.78, 5) is 23.2. The molecule has 0 saturated carbocycles. The van der Waals surface area contributed by atoms with E-state index >= 15 is 0 Å². The Labute approximate surface area is 104 Å². The van der Waals surface area contributed by atoms with Crippen molar-refractivity contribution in [3.63, 3.8) is 0 Å². The highest BCUT2D eigenvalue weighted by molar-refractivity contribution is 6.20. The van der Waals surface area contributed by atoms with Crippen molar-refractivity contribution in [2.75, 3.05) is 13.0 Å². The van der Waals surface area contributed by atoms with Gasteiger partial charge in [-0.2, -0.15) is 5.26 Å². The Bertz CT molecular complexity index is 491. The molecule has 0 N–H and O–H groups in total. The Morgan fingerprint density at radius 3 is 2.65 bits per heavy atom. The Hall–Kier alpha value is -1.86. The first-order chi connectivity index (χ1) is 8.13. The second-order valence-electron chi connectivity index (χ2n) is 3.23. The summed E-state index contributed by atoms with van der Waals surface area (Å²) in [6.45, 7) is 0. The van der Waals surface area contributed by atoms with Gasteiger partial charge in [-0.3, -0.25) is 4.79 Å². The zero-order valence-electron chi connectivity index (χ0n) is 9.20. The summed E-state index contributed by atoms with van der Waals surface area (Å²) in [5.41, 5.74) is 0.647. The minimum Gasteiger partial charge on any atom is -0.465 e. The number of hydrogen-bond acceptors (Lipinski definition) is 4. The Kier molecular flexibility index (Phi) is 4.68. The number of rotatable bonds is 4. The molecular formula is C12H10ClNO3. The molecule has 88 valence electrons. The number of Topliss-reactive ketones (excluding diaryl/α,β-unsaturated/α-hetero) is 1. The molecule has 0 spiro atoms. The predicted octanol–water partition coefficient (Wildman–Crippen LogP) is 2.16. The maximum atomic E-state index is 11.8. The van der Waals surface area contributed by atoms with E-state index in [0.717, 1.165) is 0 Å². The lowest BCUT2D eigenvalue weighted by Crippen LogP contribution is -2.11. The van der Waals surface area contributed by atoms with E-state index in [1.165, 1.54) is 25.3 Å². The van der Waals surface area contributed by atoms with Crippen LogP contribution >= 0.6 is 11.6 Å². The fourth-order valence-corrected chi connectivity index (χ4v) is 1.52. The normalized spacial score (nSPS) is 9.47. The summed E-state index contributed by atoms with van der Waals surface area (Å²) in [5, 5.41) is 8.76. The van der Waals surface area contributed by atoms with E-state index < -0.39 is 5.97 Å². The number of esters is 1. The van der Waals surface area contributed by atoms with Crippen molar-refractivity contribution >= 4 is 23.4 Å². The van der Waals surface area contributed by atoms with E-state index in [1.807, 2.05) is 6.07 Å². The van der Waals surface area contributed by atoms with Crippen molar-refractivity contribution in [2.45, 2.75) is 6.42 Å². The average molecular weight is 252 g/mol. The standard InChI is InChI=1S/C12H10ClNO3/c1-17-12(16)9-3-2-8(7-14)6-10(9)11(15)4-5-13/h2-3,6H,4-5H2,1H3. The van der Waals surface area contributed by atoms with Gasteiger partial charge in [-0.15, -0.1) is 11.6 Å². The summed E-state index contributed by atoms with van der Waals surface area (Å²) >= 11 is 5.48. The number of carbonyl (C=O) groups excluding carboxylic acids is 2. The van der Waals surface area contributed by atoms with E-state index in [0.29, 0.717) is 5.56 Å². The Morgan fingerprint density at radius 1 is 1.41 bits per heavy atom. The first kappa shape index (κ1) is 13.2. The molecule has 0 bridgehead atoms. The third kappa shape index (κ3) is 3.05. The van der Waals surface area contributed by atoms with Crippen LogP contribution in [0, 0.1) is 11.3 Å². The van der Waals surface area contributed by atoms with Gasteiger partial charge in [0.15, 0.2) is 5.78 Å². The molecule has 1 aromatic rings. The molecule has 0 heterocycles. The number of benzene rings is 1. The van der Waals surface area contributed by atoms with E-state index in [4.69, 9.17) is 16.9 Å². The number of halogens is 1. The Balaban J connectivity index is 3.26. The number of nitrogens with zero attached hydrogens (tertiary/aromatic N) is 1. The summed E-state index contributed by atoms with van der Waals surface area (Å²) in [7, 11) is 1.23. The first-order valence-electron chi connectivity index (χ1n) is 4.85. The quantitative estimate of drug-likeness (QED) is 0.467. The van der Waals surface area contributed by atoms with Crippen molar-refractivity contribution in [1.29, 1.82) is 5.26 Å². The lowest BCUT2D eigenvalue weighted by atomic mass is 9.99. The molecule has 4 nitrogen and oxygen atoms in total. The second-order valence-corrected chi connectivity index (χ2v) is 3.60. The smallest absolute Gasteiger partial charge is 0.338 e. The third-order valence-electron chi connectivity index (χ3n) is 2.18. The summed E-state index contributed by atoms with van der Waals surface area (Å²) in [6.07, 6.45) is 0.112. The van der Waals surface area contributed by atoms with Gasteiger partial charge in [-0.05, 0) is 18.2 Å². The maximum absolute atomic E-state index is 11.8. The highest BCUT2D eigenvalue weighted by atomic mass is 35.5. The molecule has 0 aromatic heterocycles. The molecule has 0 aliphatic carbocycles. The highest BCUT2D eigenvalue weighted by Gasteiger charge is 2.17. The predicted molar refractivity (Wildman–Crippen MR) is 62.2 cm³/mol. The molecule has 17 heavy (non-hydrogen) atoms. The second kappa shape index (κ2) is 6.02. The molecule has 5 heteroatoms.